The van der Waals surface area contributed by atoms with Gasteiger partial charge in [0.15, 0.2) is 9.84 Å². The van der Waals surface area contributed by atoms with Crippen molar-refractivity contribution in [1.29, 1.82) is 5.26 Å². The normalized spacial score (nSPS) is 24.2. The van der Waals surface area contributed by atoms with E-state index in [4.69, 9.17) is 0 Å². The molecular formula is C12H11BrN2O4S. The first-order valence-corrected chi connectivity index (χ1v) is 8.43. The van der Waals surface area contributed by atoms with Crippen molar-refractivity contribution in [3.05, 3.63) is 38.3 Å². The zero-order valence-electron chi connectivity index (χ0n) is 10.4. The van der Waals surface area contributed by atoms with Gasteiger partial charge in [0.2, 0.25) is 0 Å². The lowest BCUT2D eigenvalue weighted by Gasteiger charge is -2.19. The van der Waals surface area contributed by atoms with Crippen LogP contribution in [0.5, 0.6) is 0 Å². The molecule has 1 saturated heterocycles. The molecule has 0 aromatic heterocycles. The van der Waals surface area contributed by atoms with E-state index < -0.39 is 20.2 Å². The summed E-state index contributed by atoms with van der Waals surface area (Å²) < 4.78 is 23.5. The fraction of sp³-hybridized carbons (Fsp3) is 0.417. The monoisotopic (exact) mass is 358 g/mol. The lowest BCUT2D eigenvalue weighted by atomic mass is 9.82. The average molecular weight is 359 g/mol. The molecule has 20 heavy (non-hydrogen) atoms. The van der Waals surface area contributed by atoms with E-state index >= 15 is 0 Å². The van der Waals surface area contributed by atoms with E-state index in [1.807, 2.05) is 0 Å². The Kier molecular flexibility index (Phi) is 3.84. The number of hydrogen-bond donors (Lipinski definition) is 0. The van der Waals surface area contributed by atoms with Crippen molar-refractivity contribution in [1.82, 2.24) is 0 Å². The zero-order chi connectivity index (χ0) is 15.0. The van der Waals surface area contributed by atoms with Gasteiger partial charge in [-0.25, -0.2) is 8.42 Å². The maximum Gasteiger partial charge on any atom is 0.283 e. The van der Waals surface area contributed by atoms with Crippen molar-refractivity contribution in [2.75, 3.05) is 11.5 Å². The van der Waals surface area contributed by atoms with E-state index in [1.54, 1.807) is 6.07 Å². The number of halogens is 1. The van der Waals surface area contributed by atoms with E-state index in [0.717, 1.165) is 0 Å². The lowest BCUT2D eigenvalue weighted by molar-refractivity contribution is -0.385. The topological polar surface area (TPSA) is 101 Å². The molecule has 0 bridgehead atoms. The molecule has 1 aromatic rings. The van der Waals surface area contributed by atoms with Crippen LogP contribution >= 0.6 is 15.9 Å². The highest BCUT2D eigenvalue weighted by atomic mass is 79.9. The van der Waals surface area contributed by atoms with Crippen molar-refractivity contribution in [3.8, 4) is 6.07 Å². The van der Waals surface area contributed by atoms with Crippen molar-refractivity contribution in [2.45, 2.75) is 12.8 Å². The van der Waals surface area contributed by atoms with E-state index in [1.165, 1.54) is 12.1 Å². The summed E-state index contributed by atoms with van der Waals surface area (Å²) in [4.78, 5) is 10.4. The van der Waals surface area contributed by atoms with Crippen LogP contribution in [0.3, 0.4) is 0 Å². The van der Waals surface area contributed by atoms with Crippen LogP contribution in [0.1, 0.15) is 12.0 Å². The third kappa shape index (κ3) is 2.83. The van der Waals surface area contributed by atoms with Gasteiger partial charge in [0.25, 0.3) is 5.69 Å². The van der Waals surface area contributed by atoms with Crippen LogP contribution in [-0.4, -0.2) is 24.8 Å². The van der Waals surface area contributed by atoms with Gasteiger partial charge >= 0.3 is 0 Å². The van der Waals surface area contributed by atoms with Crippen LogP contribution in [0.15, 0.2) is 22.7 Å². The van der Waals surface area contributed by atoms with E-state index in [0.29, 0.717) is 10.0 Å². The number of benzene rings is 1. The summed E-state index contributed by atoms with van der Waals surface area (Å²) >= 11 is 3.17. The van der Waals surface area contributed by atoms with Gasteiger partial charge in [0.1, 0.15) is 0 Å². The van der Waals surface area contributed by atoms with Gasteiger partial charge < -0.3 is 0 Å². The summed E-state index contributed by atoms with van der Waals surface area (Å²) in [6, 6.07) is 6.65. The summed E-state index contributed by atoms with van der Waals surface area (Å²) in [6.45, 7) is 0. The molecule has 0 N–H and O–H groups in total. The summed E-state index contributed by atoms with van der Waals surface area (Å²) in [5, 5.41) is 20.2. The molecule has 1 unspecified atom stereocenters. The molecule has 6 nitrogen and oxygen atoms in total. The van der Waals surface area contributed by atoms with E-state index in [2.05, 4.69) is 22.0 Å². The van der Waals surface area contributed by atoms with Gasteiger partial charge in [-0.2, -0.15) is 5.26 Å². The van der Waals surface area contributed by atoms with Crippen LogP contribution in [0.25, 0.3) is 0 Å². The largest absolute Gasteiger partial charge is 0.283 e. The first-order valence-electron chi connectivity index (χ1n) is 5.82. The molecule has 1 fully saturated rings. The Morgan fingerprint density at radius 3 is 2.70 bits per heavy atom. The fourth-order valence-corrected chi connectivity index (χ4v) is 4.94. The summed E-state index contributed by atoms with van der Waals surface area (Å²) in [5.74, 6) is -0.196. The summed E-state index contributed by atoms with van der Waals surface area (Å²) in [6.07, 6.45) is 0.450. The Bertz CT molecular complexity index is 711. The molecular weight excluding hydrogens is 348 g/mol. The average Bonchev–Trinajstić information content (AvgIpc) is 2.68. The molecule has 1 aliphatic heterocycles. The molecule has 0 radical (unpaired) electrons. The highest BCUT2D eigenvalue weighted by molar-refractivity contribution is 9.10. The maximum absolute atomic E-state index is 11.6. The Morgan fingerprint density at radius 1 is 1.50 bits per heavy atom. The maximum atomic E-state index is 11.6. The van der Waals surface area contributed by atoms with Gasteiger partial charge in [0.05, 0.1) is 32.4 Å². The van der Waals surface area contributed by atoms with Crippen molar-refractivity contribution in [2.24, 2.45) is 5.41 Å². The number of rotatable bonds is 3. The molecule has 106 valence electrons. The third-order valence-electron chi connectivity index (χ3n) is 3.41. The number of nitro benzene ring substituents is 1. The molecule has 2 rings (SSSR count). The second-order valence-electron chi connectivity index (χ2n) is 4.92. The lowest BCUT2D eigenvalue weighted by Crippen LogP contribution is -2.23. The molecule has 8 heteroatoms. The van der Waals surface area contributed by atoms with Gasteiger partial charge in [-0.05, 0) is 34.3 Å². The zero-order valence-corrected chi connectivity index (χ0v) is 12.8. The minimum Gasteiger partial charge on any atom is -0.258 e. The Labute approximate surface area is 124 Å². The highest BCUT2D eigenvalue weighted by Gasteiger charge is 2.43. The van der Waals surface area contributed by atoms with Gasteiger partial charge in [0, 0.05) is 6.07 Å². The van der Waals surface area contributed by atoms with E-state index in [-0.39, 0.29) is 30.0 Å². The number of nitriles is 1. The summed E-state index contributed by atoms with van der Waals surface area (Å²) in [5.41, 5.74) is -0.495. The van der Waals surface area contributed by atoms with Crippen molar-refractivity contribution in [3.63, 3.8) is 0 Å². The third-order valence-corrected chi connectivity index (χ3v) is 6.14. The fourth-order valence-electron chi connectivity index (χ4n) is 2.39. The predicted octanol–water partition coefficient (Wildman–Crippen LogP) is 2.23. The minimum absolute atomic E-state index is 0.00684. The number of nitrogens with zero attached hydrogens (tertiary/aromatic N) is 2. The molecule has 0 spiro atoms. The molecule has 0 amide bonds. The molecule has 0 saturated carbocycles. The van der Waals surface area contributed by atoms with E-state index in [9.17, 15) is 23.8 Å². The number of nitro groups is 1. The first kappa shape index (κ1) is 14.9. The van der Waals surface area contributed by atoms with Crippen molar-refractivity contribution < 1.29 is 13.3 Å². The molecule has 1 aromatic carbocycles. The van der Waals surface area contributed by atoms with Gasteiger partial charge in [-0.15, -0.1) is 0 Å². The van der Waals surface area contributed by atoms with Crippen LogP contribution in [-0.2, 0) is 16.3 Å². The van der Waals surface area contributed by atoms with Crippen molar-refractivity contribution >= 4 is 31.5 Å². The Morgan fingerprint density at radius 2 is 2.20 bits per heavy atom. The molecule has 0 aliphatic carbocycles. The second kappa shape index (κ2) is 5.14. The van der Waals surface area contributed by atoms with Crippen LogP contribution in [0.2, 0.25) is 0 Å². The molecule has 1 aliphatic rings. The Hall–Kier alpha value is -1.46. The highest BCUT2D eigenvalue weighted by Crippen LogP contribution is 2.38. The quantitative estimate of drug-likeness (QED) is 0.608. The first-order chi connectivity index (χ1) is 9.29. The predicted molar refractivity (Wildman–Crippen MR) is 75.8 cm³/mol. The van der Waals surface area contributed by atoms with Gasteiger partial charge in [-0.3, -0.25) is 10.1 Å². The smallest absolute Gasteiger partial charge is 0.258 e. The summed E-state index contributed by atoms with van der Waals surface area (Å²) in [7, 11) is -3.20. The number of sulfone groups is 1. The molecule has 1 heterocycles. The Balaban J connectivity index is 2.38. The van der Waals surface area contributed by atoms with Crippen LogP contribution < -0.4 is 0 Å². The molecule has 1 atom stereocenters. The van der Waals surface area contributed by atoms with Crippen LogP contribution in [0.4, 0.5) is 5.69 Å². The standard InChI is InChI=1S/C12H11BrN2O4S/c13-11-9(2-1-3-10(11)15(16)17)6-12(7-14)4-5-20(18,19)8-12/h1-3H,4-6,8H2. The number of hydrogen-bond acceptors (Lipinski definition) is 5. The minimum atomic E-state index is -3.20. The van der Waals surface area contributed by atoms with Gasteiger partial charge in [-0.1, -0.05) is 12.1 Å². The van der Waals surface area contributed by atoms with Crippen LogP contribution in [0, 0.1) is 26.9 Å². The second-order valence-corrected chi connectivity index (χ2v) is 7.90. The SMILES string of the molecule is N#CC1(Cc2cccc([N+](=O)[O-])c2Br)CCS(=O)(=O)C1.